The lowest BCUT2D eigenvalue weighted by molar-refractivity contribution is -0.601. The zero-order chi connectivity index (χ0) is 44.3. The number of aromatic nitrogens is 2. The number of carboxylic acid groups (broad SMARTS) is 1. The van der Waals surface area contributed by atoms with Crippen molar-refractivity contribution in [1.29, 1.82) is 0 Å². The number of nitrogens with zero attached hydrogens (tertiary/aromatic N) is 4. The van der Waals surface area contributed by atoms with Gasteiger partial charge in [0.1, 0.15) is 29.3 Å². The number of allylic oxidation sites excluding steroid dienone is 5. The van der Waals surface area contributed by atoms with E-state index in [9.17, 15) is 19.1 Å². The third kappa shape index (κ3) is 7.54. The molecule has 0 saturated carbocycles. The molecule has 63 heavy (non-hydrogen) atoms. The summed E-state index contributed by atoms with van der Waals surface area (Å²) in [5.74, 6) is -7.99. The molecule has 4 aromatic carbocycles. The molecule has 0 amide bonds. The van der Waals surface area contributed by atoms with Crippen LogP contribution in [0.2, 0.25) is 5.15 Å². The van der Waals surface area contributed by atoms with Gasteiger partial charge in [-0.1, -0.05) is 79.2 Å². The maximum Gasteiger partial charge on any atom is 0.339 e. The van der Waals surface area contributed by atoms with Crippen LogP contribution in [0.25, 0.3) is 5.57 Å². The summed E-state index contributed by atoms with van der Waals surface area (Å²) in [5.41, 5.74) is 4.84. The number of aryl methyl sites for hydroxylation is 1. The molecular weight excluding hydrogens is 857 g/mol. The zero-order valence-corrected chi connectivity index (χ0v) is 35.3. The van der Waals surface area contributed by atoms with Gasteiger partial charge >= 0.3 is 5.97 Å². The molecule has 5 aromatic rings. The highest BCUT2D eigenvalue weighted by atomic mass is 35.5. The van der Waals surface area contributed by atoms with Crippen molar-refractivity contribution >= 4 is 64.0 Å². The Morgan fingerprint density at radius 1 is 0.937 bits per heavy atom. The first-order valence-electron chi connectivity index (χ1n) is 20.2. The first kappa shape index (κ1) is 42.0. The maximum absolute atomic E-state index is 17.5. The SMILES string of the molecule is CC1C[N+](=C2C=CC3=C(c4c(F)c(C(=O)CCc5ccc(COc6cc(Cl)nc(N)n6)cc5)c(F)c(F)c4C(=O)O)c4ccc(N5CC(F)C5)cc4P(=O)(c4ccccc4)C3=C2)C1. The molecular formula is C47H38ClF4N5O5P+. The number of anilines is 2. The molecule has 0 radical (unpaired) electrons. The van der Waals surface area contributed by atoms with E-state index in [-0.39, 0.29) is 70.4 Å². The van der Waals surface area contributed by atoms with E-state index in [4.69, 9.17) is 22.1 Å². The molecule has 3 aliphatic heterocycles. The molecule has 3 N–H and O–H groups in total. The lowest BCUT2D eigenvalue weighted by Crippen LogP contribution is -2.48. The number of carboxylic acids is 1. The van der Waals surface area contributed by atoms with Crippen molar-refractivity contribution < 1.29 is 46.1 Å². The number of carbonyl (C=O) groups is 2. The minimum atomic E-state index is -3.92. The van der Waals surface area contributed by atoms with E-state index in [2.05, 4.69) is 21.5 Å². The molecule has 2 saturated heterocycles. The minimum Gasteiger partial charge on any atom is -0.478 e. The molecule has 4 heterocycles. The Labute approximate surface area is 364 Å². The van der Waals surface area contributed by atoms with Crippen molar-refractivity contribution in [3.8, 4) is 5.88 Å². The molecule has 0 bridgehead atoms. The third-order valence-corrected chi connectivity index (χ3v) is 15.0. The lowest BCUT2D eigenvalue weighted by atomic mass is 9.84. The highest BCUT2D eigenvalue weighted by molar-refractivity contribution is 7.83. The van der Waals surface area contributed by atoms with Crippen LogP contribution >= 0.6 is 18.7 Å². The molecule has 16 heteroatoms. The molecule has 320 valence electrons. The second kappa shape index (κ2) is 16.4. The summed E-state index contributed by atoms with van der Waals surface area (Å²) in [6.07, 6.45) is 3.52. The van der Waals surface area contributed by atoms with Crippen LogP contribution in [0.4, 0.5) is 29.2 Å². The van der Waals surface area contributed by atoms with E-state index in [1.165, 1.54) is 12.1 Å². The topological polar surface area (TPSA) is 139 Å². The summed E-state index contributed by atoms with van der Waals surface area (Å²) in [5, 5.41) is 11.4. The smallest absolute Gasteiger partial charge is 0.339 e. The number of nitrogen functional groups attached to an aromatic ring is 1. The van der Waals surface area contributed by atoms with Gasteiger partial charge in [0, 0.05) is 57.4 Å². The molecule has 0 spiro atoms. The first-order valence-corrected chi connectivity index (χ1v) is 22.2. The van der Waals surface area contributed by atoms with Crippen LogP contribution in [-0.2, 0) is 17.6 Å². The lowest BCUT2D eigenvalue weighted by Gasteiger charge is -2.39. The fourth-order valence-corrected chi connectivity index (χ4v) is 11.8. The highest BCUT2D eigenvalue weighted by Gasteiger charge is 2.46. The Bertz CT molecular complexity index is 2910. The van der Waals surface area contributed by atoms with E-state index in [0.29, 0.717) is 46.8 Å². The number of rotatable bonds is 11. The number of ketones is 1. The normalized spacial score (nSPS) is 19.2. The largest absolute Gasteiger partial charge is 0.478 e. The van der Waals surface area contributed by atoms with Gasteiger partial charge < -0.3 is 25.0 Å². The van der Waals surface area contributed by atoms with Crippen molar-refractivity contribution in [3.05, 3.63) is 164 Å². The molecule has 9 rings (SSSR count). The van der Waals surface area contributed by atoms with E-state index in [0.717, 1.165) is 0 Å². The van der Waals surface area contributed by atoms with Gasteiger partial charge in [-0.3, -0.25) is 4.79 Å². The molecule has 1 atom stereocenters. The van der Waals surface area contributed by atoms with Gasteiger partial charge in [-0.25, -0.2) is 31.9 Å². The average Bonchev–Trinajstić information content (AvgIpc) is 3.24. The van der Waals surface area contributed by atoms with Gasteiger partial charge in [-0.2, -0.15) is 4.98 Å². The fourth-order valence-electron chi connectivity index (χ4n) is 8.55. The number of ether oxygens (including phenoxy) is 1. The van der Waals surface area contributed by atoms with Crippen molar-refractivity contribution in [2.45, 2.75) is 32.5 Å². The van der Waals surface area contributed by atoms with Gasteiger partial charge in [0.15, 0.2) is 37.6 Å². The highest BCUT2D eigenvalue weighted by Crippen LogP contribution is 2.62. The summed E-state index contributed by atoms with van der Waals surface area (Å²) < 4.78 is 88.0. The van der Waals surface area contributed by atoms with E-state index >= 15 is 17.7 Å². The second-order valence-corrected chi connectivity index (χ2v) is 19.1. The van der Waals surface area contributed by atoms with Crippen LogP contribution in [0, 0.1) is 23.4 Å². The Morgan fingerprint density at radius 2 is 1.63 bits per heavy atom. The number of benzene rings is 4. The Kier molecular flexibility index (Phi) is 10.9. The van der Waals surface area contributed by atoms with E-state index in [1.807, 2.05) is 0 Å². The van der Waals surface area contributed by atoms with Gasteiger partial charge in [-0.15, -0.1) is 0 Å². The summed E-state index contributed by atoms with van der Waals surface area (Å²) in [6, 6.07) is 21.6. The number of hydrogen-bond acceptors (Lipinski definition) is 8. The van der Waals surface area contributed by atoms with Gasteiger partial charge in [-0.05, 0) is 46.9 Å². The summed E-state index contributed by atoms with van der Waals surface area (Å²) >= 11 is 5.92. The van der Waals surface area contributed by atoms with E-state index < -0.39 is 65.6 Å². The van der Waals surface area contributed by atoms with Crippen molar-refractivity contribution in [3.63, 3.8) is 0 Å². The number of carbonyl (C=O) groups excluding carboxylic acids is 1. The third-order valence-electron chi connectivity index (χ3n) is 11.7. The van der Waals surface area contributed by atoms with Crippen LogP contribution in [0.5, 0.6) is 5.88 Å². The van der Waals surface area contributed by atoms with Crippen LogP contribution in [-0.4, -0.2) is 69.5 Å². The Balaban J connectivity index is 1.15. The van der Waals surface area contributed by atoms with Crippen LogP contribution in [0.3, 0.4) is 0 Å². The molecule has 2 fully saturated rings. The van der Waals surface area contributed by atoms with E-state index in [1.54, 1.807) is 89.9 Å². The maximum atomic E-state index is 17.5. The monoisotopic (exact) mass is 894 g/mol. The number of halogens is 5. The molecule has 1 aromatic heterocycles. The average molecular weight is 895 g/mol. The number of fused-ring (bicyclic) bond motifs is 2. The number of aromatic carboxylic acids is 1. The van der Waals surface area contributed by atoms with Crippen molar-refractivity contribution in [2.24, 2.45) is 5.92 Å². The predicted octanol–water partition coefficient (Wildman–Crippen LogP) is 8.07. The van der Waals surface area contributed by atoms with Crippen LogP contribution in [0.1, 0.15) is 56.3 Å². The second-order valence-electron chi connectivity index (χ2n) is 16.0. The fraction of sp³-hybridized carbons (Fsp3) is 0.213. The standard InChI is InChI=1S/C47H37ClF4N5O5P/c1-25-20-56(21-25)29-12-14-32-35(17-29)63(61,31-5-3-2-4-6-31)36-18-30(57-22-28(49)23-57)13-15-33(36)39(32)41-42(46(59)60)45(52)44(51)40(43(41)50)34(58)16-11-26-7-9-27(10-8-26)24-62-38-19-37(48)54-47(53)55-38/h2-10,12-15,17-19,25,28H,11,16,20-24H2,1H3,(H2-,53,54,55,59,60)/p+1. The first-order chi connectivity index (χ1) is 30.2. The zero-order valence-electron chi connectivity index (χ0n) is 33.6. The van der Waals surface area contributed by atoms with Crippen LogP contribution < -0.4 is 26.0 Å². The number of nitrogens with two attached hydrogens (primary N) is 1. The predicted molar refractivity (Wildman–Crippen MR) is 232 cm³/mol. The summed E-state index contributed by atoms with van der Waals surface area (Å²) in [7, 11) is -3.92. The molecule has 10 nitrogen and oxygen atoms in total. The number of alkyl halides is 1. The minimum absolute atomic E-state index is 0.00601. The van der Waals surface area contributed by atoms with Gasteiger partial charge in [0.05, 0.1) is 24.6 Å². The summed E-state index contributed by atoms with van der Waals surface area (Å²) in [4.78, 5) is 36.4. The quantitative estimate of drug-likeness (QED) is 0.0337. The molecule has 1 aliphatic carbocycles. The Morgan fingerprint density at radius 3 is 2.30 bits per heavy atom. The van der Waals surface area contributed by atoms with Gasteiger partial charge in [0.2, 0.25) is 17.5 Å². The van der Waals surface area contributed by atoms with Gasteiger partial charge in [0.25, 0.3) is 0 Å². The van der Waals surface area contributed by atoms with Crippen molar-refractivity contribution in [1.82, 2.24) is 9.97 Å². The molecule has 4 aliphatic rings. The molecule has 1 unspecified atom stereocenters. The number of Topliss-reactive ketones (excluding diaryl/α,β-unsaturated/α-hetero) is 1. The number of hydrogen-bond donors (Lipinski definition) is 2. The summed E-state index contributed by atoms with van der Waals surface area (Å²) in [6.45, 7) is 3.77. The Hall–Kier alpha value is -6.37. The van der Waals surface area contributed by atoms with Crippen molar-refractivity contribution in [2.75, 3.05) is 36.8 Å². The van der Waals surface area contributed by atoms with Crippen LogP contribution in [0.15, 0.2) is 108 Å².